The molecule has 3 rings (SSSR count). The second-order valence-electron chi connectivity index (χ2n) is 7.61. The van der Waals surface area contributed by atoms with Crippen molar-refractivity contribution in [2.75, 3.05) is 10.6 Å². The lowest BCUT2D eigenvalue weighted by Gasteiger charge is -2.09. The smallest absolute Gasteiger partial charge is 0.256 e. The number of carbonyl (C=O) groups excluding carboxylic acids is 4. The minimum atomic E-state index is -0.604. The normalized spacial score (nSPS) is 10.7. The molecule has 0 radical (unpaired) electrons. The van der Waals surface area contributed by atoms with Gasteiger partial charge in [0.2, 0.25) is 0 Å². The molecule has 1 aromatic carbocycles. The van der Waals surface area contributed by atoms with Crippen LogP contribution in [0.25, 0.3) is 0 Å². The van der Waals surface area contributed by atoms with Gasteiger partial charge in [-0.05, 0) is 56.0 Å². The molecular formula is C24H26N4O4S2. The van der Waals surface area contributed by atoms with E-state index in [0.29, 0.717) is 34.0 Å². The minimum absolute atomic E-state index is 0.235. The number of hydrogen-bond acceptors (Lipinski definition) is 6. The van der Waals surface area contributed by atoms with Crippen molar-refractivity contribution in [3.8, 4) is 0 Å². The van der Waals surface area contributed by atoms with Crippen LogP contribution in [0.2, 0.25) is 0 Å². The van der Waals surface area contributed by atoms with E-state index in [1.807, 2.05) is 27.7 Å². The van der Waals surface area contributed by atoms with Crippen LogP contribution in [0.5, 0.6) is 0 Å². The predicted molar refractivity (Wildman–Crippen MR) is 136 cm³/mol. The highest BCUT2D eigenvalue weighted by atomic mass is 32.1. The van der Waals surface area contributed by atoms with E-state index in [-0.39, 0.29) is 11.1 Å². The number of primary amides is 2. The topological polar surface area (TPSA) is 144 Å². The molecule has 0 fully saturated rings. The molecule has 2 heterocycles. The molecule has 0 unspecified atom stereocenters. The molecule has 34 heavy (non-hydrogen) atoms. The molecule has 0 saturated carbocycles. The summed E-state index contributed by atoms with van der Waals surface area (Å²) >= 11 is 2.57. The van der Waals surface area contributed by atoms with Crippen LogP contribution in [-0.2, 0) is 12.8 Å². The summed E-state index contributed by atoms with van der Waals surface area (Å²) in [5, 5.41) is 6.27. The van der Waals surface area contributed by atoms with Crippen LogP contribution in [-0.4, -0.2) is 23.6 Å². The summed E-state index contributed by atoms with van der Waals surface area (Å²) in [4.78, 5) is 51.6. The van der Waals surface area contributed by atoms with Crippen molar-refractivity contribution < 1.29 is 19.2 Å². The van der Waals surface area contributed by atoms with Gasteiger partial charge in [0.25, 0.3) is 23.6 Å². The van der Waals surface area contributed by atoms with Gasteiger partial charge in [-0.15, -0.1) is 22.7 Å². The number of rotatable bonds is 8. The maximum atomic E-state index is 12.9. The Labute approximate surface area is 205 Å². The lowest BCUT2D eigenvalue weighted by Crippen LogP contribution is -2.19. The Morgan fingerprint density at radius 1 is 0.765 bits per heavy atom. The maximum absolute atomic E-state index is 12.9. The van der Waals surface area contributed by atoms with Gasteiger partial charge in [0.1, 0.15) is 10.0 Å². The second kappa shape index (κ2) is 10.2. The summed E-state index contributed by atoms with van der Waals surface area (Å²) in [6.45, 7) is 7.56. The fraction of sp³-hybridized carbons (Fsp3) is 0.250. The van der Waals surface area contributed by atoms with Crippen molar-refractivity contribution in [1.29, 1.82) is 0 Å². The van der Waals surface area contributed by atoms with E-state index in [2.05, 4.69) is 10.6 Å². The Hall–Kier alpha value is -3.50. The first kappa shape index (κ1) is 25.1. The third kappa shape index (κ3) is 4.87. The van der Waals surface area contributed by atoms with Gasteiger partial charge < -0.3 is 22.1 Å². The van der Waals surface area contributed by atoms with Crippen molar-refractivity contribution in [3.05, 3.63) is 67.4 Å². The van der Waals surface area contributed by atoms with Gasteiger partial charge in [0.15, 0.2) is 0 Å². The molecule has 8 nitrogen and oxygen atoms in total. The minimum Gasteiger partial charge on any atom is -0.365 e. The molecule has 178 valence electrons. The fourth-order valence-corrected chi connectivity index (χ4v) is 6.15. The van der Waals surface area contributed by atoms with E-state index in [1.165, 1.54) is 28.7 Å². The quantitative estimate of drug-likeness (QED) is 0.368. The summed E-state index contributed by atoms with van der Waals surface area (Å²) in [6.07, 6.45) is 1.22. The molecule has 0 aliphatic rings. The van der Waals surface area contributed by atoms with Gasteiger partial charge in [-0.1, -0.05) is 19.9 Å². The summed E-state index contributed by atoms with van der Waals surface area (Å²) in [5.74, 6) is -2.15. The first-order valence-electron chi connectivity index (χ1n) is 10.7. The Morgan fingerprint density at radius 3 is 1.47 bits per heavy atom. The van der Waals surface area contributed by atoms with Crippen molar-refractivity contribution in [3.63, 3.8) is 0 Å². The number of benzene rings is 1. The molecule has 4 amide bonds. The first-order valence-corrected chi connectivity index (χ1v) is 12.3. The Morgan fingerprint density at radius 2 is 1.15 bits per heavy atom. The molecule has 0 saturated heterocycles. The zero-order valence-corrected chi connectivity index (χ0v) is 21.0. The number of nitrogens with two attached hydrogens (primary N) is 2. The van der Waals surface area contributed by atoms with Crippen LogP contribution in [0.4, 0.5) is 10.0 Å². The molecule has 2 aromatic heterocycles. The first-order chi connectivity index (χ1) is 16.1. The SMILES string of the molecule is CCc1c(C)sc(NC(=O)c2cccc(C(=O)Nc3sc(C)c(CC)c3C(N)=O)c2)c1C(N)=O. The van der Waals surface area contributed by atoms with Crippen LogP contribution in [0.3, 0.4) is 0 Å². The zero-order valence-electron chi connectivity index (χ0n) is 19.3. The summed E-state index contributed by atoms with van der Waals surface area (Å²) in [5.41, 5.74) is 13.8. The Bertz CT molecular complexity index is 1210. The Kier molecular flexibility index (Phi) is 7.53. The fourth-order valence-electron chi connectivity index (χ4n) is 3.86. The van der Waals surface area contributed by atoms with E-state index < -0.39 is 23.6 Å². The van der Waals surface area contributed by atoms with Crippen LogP contribution < -0.4 is 22.1 Å². The number of anilines is 2. The zero-order chi connectivity index (χ0) is 25.2. The van der Waals surface area contributed by atoms with Gasteiger partial charge in [0.05, 0.1) is 11.1 Å². The van der Waals surface area contributed by atoms with Crippen molar-refractivity contribution >= 4 is 56.3 Å². The maximum Gasteiger partial charge on any atom is 0.256 e. The third-order valence-electron chi connectivity index (χ3n) is 5.46. The van der Waals surface area contributed by atoms with E-state index in [4.69, 9.17) is 11.5 Å². The average molecular weight is 499 g/mol. The van der Waals surface area contributed by atoms with Crippen LogP contribution in [0, 0.1) is 13.8 Å². The summed E-state index contributed by atoms with van der Waals surface area (Å²) < 4.78 is 0. The number of carbonyl (C=O) groups is 4. The van der Waals surface area contributed by atoms with Gasteiger partial charge >= 0.3 is 0 Å². The molecule has 0 aliphatic carbocycles. The number of nitrogens with one attached hydrogen (secondary N) is 2. The van der Waals surface area contributed by atoms with Gasteiger partial charge in [-0.3, -0.25) is 19.2 Å². The molecule has 0 bridgehead atoms. The molecule has 0 aliphatic heterocycles. The molecule has 0 atom stereocenters. The number of hydrogen-bond donors (Lipinski definition) is 4. The largest absolute Gasteiger partial charge is 0.365 e. The number of thiophene rings is 2. The number of amides is 4. The molecule has 0 spiro atoms. The van der Waals surface area contributed by atoms with Gasteiger partial charge in [-0.25, -0.2) is 0 Å². The van der Waals surface area contributed by atoms with Crippen LogP contribution >= 0.6 is 22.7 Å². The van der Waals surface area contributed by atoms with Crippen molar-refractivity contribution in [2.45, 2.75) is 40.5 Å². The molecule has 6 N–H and O–H groups in total. The molecule has 3 aromatic rings. The van der Waals surface area contributed by atoms with E-state index in [9.17, 15) is 19.2 Å². The summed E-state index contributed by atoms with van der Waals surface area (Å²) in [7, 11) is 0. The van der Waals surface area contributed by atoms with Gasteiger partial charge in [-0.2, -0.15) is 0 Å². The van der Waals surface area contributed by atoms with Crippen molar-refractivity contribution in [2.24, 2.45) is 11.5 Å². The highest BCUT2D eigenvalue weighted by molar-refractivity contribution is 7.17. The average Bonchev–Trinajstić information content (AvgIpc) is 3.28. The van der Waals surface area contributed by atoms with Crippen molar-refractivity contribution in [1.82, 2.24) is 0 Å². The summed E-state index contributed by atoms with van der Waals surface area (Å²) in [6, 6.07) is 6.16. The highest BCUT2D eigenvalue weighted by Gasteiger charge is 2.23. The molecular weight excluding hydrogens is 472 g/mol. The van der Waals surface area contributed by atoms with Gasteiger partial charge in [0, 0.05) is 20.9 Å². The standard InChI is InChI=1S/C24H26N4O4S2/c1-5-15-11(3)33-23(17(15)19(25)29)27-21(31)13-8-7-9-14(10-13)22(32)28-24-18(20(26)30)16(6-2)12(4)34-24/h7-10H,5-6H2,1-4H3,(H2,25,29)(H2,26,30)(H,27,31)(H,28,32). The molecule has 10 heteroatoms. The third-order valence-corrected chi connectivity index (χ3v) is 7.58. The number of aryl methyl sites for hydroxylation is 2. The Balaban J connectivity index is 1.86. The van der Waals surface area contributed by atoms with E-state index >= 15 is 0 Å². The van der Waals surface area contributed by atoms with E-state index in [0.717, 1.165) is 20.9 Å². The predicted octanol–water partition coefficient (Wildman–Crippen LogP) is 4.25. The van der Waals surface area contributed by atoms with Crippen LogP contribution in [0.1, 0.15) is 76.2 Å². The lowest BCUT2D eigenvalue weighted by molar-refractivity contribution is 0.0990. The van der Waals surface area contributed by atoms with Crippen LogP contribution in [0.15, 0.2) is 24.3 Å². The van der Waals surface area contributed by atoms with E-state index in [1.54, 1.807) is 18.2 Å². The highest BCUT2D eigenvalue weighted by Crippen LogP contribution is 2.34. The lowest BCUT2D eigenvalue weighted by atomic mass is 10.1. The second-order valence-corrected chi connectivity index (χ2v) is 10.1. The monoisotopic (exact) mass is 498 g/mol.